The van der Waals surface area contributed by atoms with Crippen LogP contribution in [0.4, 0.5) is 0 Å². The summed E-state index contributed by atoms with van der Waals surface area (Å²) in [6.07, 6.45) is 4.63. The number of hydrogen-bond donors (Lipinski definition) is 2. The Hall–Kier alpha value is -0.850. The number of ether oxygens (including phenoxy) is 2. The Morgan fingerprint density at radius 2 is 1.62 bits per heavy atom. The van der Waals surface area contributed by atoms with Crippen LogP contribution in [0, 0.1) is 0 Å². The first kappa shape index (κ1) is 23.1. The average Bonchev–Trinajstić information content (AvgIpc) is 2.57. The number of guanidine groups is 1. The summed E-state index contributed by atoms with van der Waals surface area (Å²) in [4.78, 5) is 6.59. The van der Waals surface area contributed by atoms with Gasteiger partial charge in [-0.25, -0.2) is 0 Å². The zero-order valence-corrected chi connectivity index (χ0v) is 16.6. The van der Waals surface area contributed by atoms with Crippen LogP contribution in [0.2, 0.25) is 0 Å². The van der Waals surface area contributed by atoms with E-state index in [0.717, 1.165) is 45.0 Å². The molecule has 0 atom stereocenters. The Bertz CT molecular complexity index is 299. The van der Waals surface area contributed by atoms with Gasteiger partial charge >= 0.3 is 0 Å². The Kier molecular flexibility index (Phi) is 16.4. The summed E-state index contributed by atoms with van der Waals surface area (Å²) in [5.41, 5.74) is 0. The minimum absolute atomic E-state index is 0.615. The number of rotatable bonds is 15. The van der Waals surface area contributed by atoms with E-state index in [1.54, 1.807) is 7.05 Å². The van der Waals surface area contributed by atoms with Crippen molar-refractivity contribution in [3.63, 3.8) is 0 Å². The van der Waals surface area contributed by atoms with Crippen LogP contribution in [-0.4, -0.2) is 77.1 Å². The van der Waals surface area contributed by atoms with E-state index in [0.29, 0.717) is 25.9 Å². The summed E-state index contributed by atoms with van der Waals surface area (Å²) in [5, 5.41) is 6.60. The molecule has 0 aliphatic carbocycles. The van der Waals surface area contributed by atoms with E-state index < -0.39 is 0 Å². The minimum Gasteiger partial charge on any atom is -0.379 e. The lowest BCUT2D eigenvalue weighted by Crippen LogP contribution is -2.39. The highest BCUT2D eigenvalue weighted by atomic mass is 16.5. The molecule has 0 heterocycles. The Balaban J connectivity index is 3.44. The van der Waals surface area contributed by atoms with Crippen LogP contribution in [0.5, 0.6) is 0 Å². The number of aliphatic imine (C=N–C) groups is 1. The van der Waals surface area contributed by atoms with Crippen LogP contribution < -0.4 is 10.6 Å². The molecule has 6 heteroatoms. The van der Waals surface area contributed by atoms with Gasteiger partial charge < -0.3 is 25.0 Å². The number of nitrogens with zero attached hydrogens (tertiary/aromatic N) is 2. The van der Waals surface area contributed by atoms with E-state index in [2.05, 4.69) is 48.3 Å². The van der Waals surface area contributed by atoms with Crippen molar-refractivity contribution in [2.45, 2.75) is 52.5 Å². The molecule has 6 nitrogen and oxygen atoms in total. The molecule has 0 aromatic rings. The van der Waals surface area contributed by atoms with E-state index in [-0.39, 0.29) is 0 Å². The predicted octanol–water partition coefficient (Wildman–Crippen LogP) is 2.11. The van der Waals surface area contributed by atoms with Gasteiger partial charge in [0.2, 0.25) is 0 Å². The zero-order chi connectivity index (χ0) is 18.0. The largest absolute Gasteiger partial charge is 0.379 e. The smallest absolute Gasteiger partial charge is 0.191 e. The molecule has 0 aromatic carbocycles. The molecule has 0 spiro atoms. The summed E-state index contributed by atoms with van der Waals surface area (Å²) in [5.74, 6) is 0.843. The summed E-state index contributed by atoms with van der Waals surface area (Å²) in [6.45, 7) is 12.3. The van der Waals surface area contributed by atoms with Crippen molar-refractivity contribution in [3.05, 3.63) is 0 Å². The standard InChI is InChI=1S/C18H40N4O2/c1-6-7-13-23-15-16-24-14-11-21-18(19-4)20-10-8-9-12-22(5)17(2)3/h17H,6-16H2,1-5H3,(H2,19,20,21). The van der Waals surface area contributed by atoms with Crippen LogP contribution >= 0.6 is 0 Å². The van der Waals surface area contributed by atoms with Gasteiger partial charge in [0.05, 0.1) is 19.8 Å². The lowest BCUT2D eigenvalue weighted by atomic mass is 10.2. The molecule has 0 bridgehead atoms. The van der Waals surface area contributed by atoms with Gasteiger partial charge in [-0.15, -0.1) is 0 Å². The van der Waals surface area contributed by atoms with Crippen molar-refractivity contribution in [2.75, 3.05) is 60.2 Å². The van der Waals surface area contributed by atoms with Crippen molar-refractivity contribution < 1.29 is 9.47 Å². The van der Waals surface area contributed by atoms with Crippen LogP contribution in [0.15, 0.2) is 4.99 Å². The van der Waals surface area contributed by atoms with Crippen molar-refractivity contribution in [1.82, 2.24) is 15.5 Å². The maximum absolute atomic E-state index is 5.52. The highest BCUT2D eigenvalue weighted by Crippen LogP contribution is 1.97. The Labute approximate surface area is 149 Å². The normalized spacial score (nSPS) is 12.2. The maximum Gasteiger partial charge on any atom is 0.191 e. The van der Waals surface area contributed by atoms with E-state index in [4.69, 9.17) is 9.47 Å². The van der Waals surface area contributed by atoms with Crippen LogP contribution in [0.3, 0.4) is 0 Å². The van der Waals surface area contributed by atoms with Crippen molar-refractivity contribution >= 4 is 5.96 Å². The molecule has 0 rings (SSSR count). The Morgan fingerprint density at radius 1 is 0.958 bits per heavy atom. The van der Waals surface area contributed by atoms with Crippen molar-refractivity contribution in [1.29, 1.82) is 0 Å². The summed E-state index contributed by atoms with van der Waals surface area (Å²) >= 11 is 0. The van der Waals surface area contributed by atoms with E-state index in [1.807, 2.05) is 0 Å². The highest BCUT2D eigenvalue weighted by molar-refractivity contribution is 5.79. The van der Waals surface area contributed by atoms with Gasteiger partial charge in [0.15, 0.2) is 5.96 Å². The van der Waals surface area contributed by atoms with Gasteiger partial charge in [0.25, 0.3) is 0 Å². The predicted molar refractivity (Wildman–Crippen MR) is 103 cm³/mol. The van der Waals surface area contributed by atoms with Gasteiger partial charge in [-0.2, -0.15) is 0 Å². The number of nitrogens with one attached hydrogen (secondary N) is 2. The van der Waals surface area contributed by atoms with Crippen LogP contribution in [0.25, 0.3) is 0 Å². The Morgan fingerprint density at radius 3 is 2.25 bits per heavy atom. The van der Waals surface area contributed by atoms with Crippen LogP contribution in [0.1, 0.15) is 46.5 Å². The molecule has 0 saturated carbocycles. The quantitative estimate of drug-likeness (QED) is 0.271. The fraction of sp³-hybridized carbons (Fsp3) is 0.944. The van der Waals surface area contributed by atoms with Crippen molar-refractivity contribution in [2.24, 2.45) is 4.99 Å². The molecule has 24 heavy (non-hydrogen) atoms. The maximum atomic E-state index is 5.52. The third-order valence-corrected chi connectivity index (χ3v) is 3.89. The van der Waals surface area contributed by atoms with E-state index >= 15 is 0 Å². The van der Waals surface area contributed by atoms with Gasteiger partial charge in [-0.3, -0.25) is 4.99 Å². The fourth-order valence-corrected chi connectivity index (χ4v) is 1.98. The zero-order valence-electron chi connectivity index (χ0n) is 16.6. The first-order valence-electron chi connectivity index (χ1n) is 9.42. The second-order valence-electron chi connectivity index (χ2n) is 6.29. The number of hydrogen-bond acceptors (Lipinski definition) is 4. The average molecular weight is 345 g/mol. The highest BCUT2D eigenvalue weighted by Gasteiger charge is 2.02. The minimum atomic E-state index is 0.615. The van der Waals surface area contributed by atoms with Crippen molar-refractivity contribution in [3.8, 4) is 0 Å². The third kappa shape index (κ3) is 14.7. The molecule has 0 radical (unpaired) electrons. The van der Waals surface area contributed by atoms with E-state index in [1.165, 1.54) is 12.8 Å². The molecule has 2 N–H and O–H groups in total. The molecule has 0 aromatic heterocycles. The molecule has 0 amide bonds. The van der Waals surface area contributed by atoms with Crippen LogP contribution in [-0.2, 0) is 9.47 Å². The second kappa shape index (κ2) is 17.0. The van der Waals surface area contributed by atoms with Gasteiger partial charge in [-0.05, 0) is 46.7 Å². The van der Waals surface area contributed by atoms with Gasteiger partial charge in [0.1, 0.15) is 0 Å². The molecule has 144 valence electrons. The molecule has 0 fully saturated rings. The lowest BCUT2D eigenvalue weighted by Gasteiger charge is -2.20. The molecule has 0 aliphatic heterocycles. The fourth-order valence-electron chi connectivity index (χ4n) is 1.98. The third-order valence-electron chi connectivity index (χ3n) is 3.89. The van der Waals surface area contributed by atoms with Gasteiger partial charge in [-0.1, -0.05) is 13.3 Å². The molecule has 0 saturated heterocycles. The SMILES string of the molecule is CCCCOCCOCCNC(=NC)NCCCCN(C)C(C)C. The molecule has 0 unspecified atom stereocenters. The van der Waals surface area contributed by atoms with E-state index in [9.17, 15) is 0 Å². The summed E-state index contributed by atoms with van der Waals surface area (Å²) < 4.78 is 11.0. The second-order valence-corrected chi connectivity index (χ2v) is 6.29. The summed E-state index contributed by atoms with van der Waals surface area (Å²) in [7, 11) is 3.97. The lowest BCUT2D eigenvalue weighted by molar-refractivity contribution is 0.0487. The monoisotopic (exact) mass is 344 g/mol. The molecular formula is C18H40N4O2. The molecule has 0 aliphatic rings. The molecular weight excluding hydrogens is 304 g/mol. The van der Waals surface area contributed by atoms with Gasteiger partial charge in [0, 0.05) is 32.8 Å². The first-order valence-corrected chi connectivity index (χ1v) is 9.42. The number of unbranched alkanes of at least 4 members (excludes halogenated alkanes) is 2. The topological polar surface area (TPSA) is 58.1 Å². The summed E-state index contributed by atoms with van der Waals surface area (Å²) in [6, 6.07) is 0.615. The first-order chi connectivity index (χ1) is 11.6.